The number of fused-ring (bicyclic) bond motifs is 1. The number of hydrogen-bond donors (Lipinski definition) is 0. The van der Waals surface area contributed by atoms with Gasteiger partial charge < -0.3 is 32.9 Å². The number of rotatable bonds is 12. The average molecular weight is 501 g/mol. The molecule has 8 heteroatoms. The van der Waals surface area contributed by atoms with E-state index in [0.29, 0.717) is 29.6 Å². The second-order valence-electron chi connectivity index (χ2n) is 9.06. The van der Waals surface area contributed by atoms with Crippen LogP contribution in [0.1, 0.15) is 29.2 Å². The number of likely N-dealkylation sites (N-methyl/N-ethyl adjacent to an activating group) is 1. The summed E-state index contributed by atoms with van der Waals surface area (Å²) in [6.45, 7) is 5.60. The first kappa shape index (κ1) is 27.2. The van der Waals surface area contributed by atoms with Crippen molar-refractivity contribution in [3.63, 3.8) is 0 Å². The molecule has 0 fully saturated rings. The van der Waals surface area contributed by atoms with E-state index in [2.05, 4.69) is 25.8 Å². The van der Waals surface area contributed by atoms with Gasteiger partial charge in [0.15, 0.2) is 23.0 Å². The van der Waals surface area contributed by atoms with E-state index in [1.807, 2.05) is 12.1 Å². The van der Waals surface area contributed by atoms with Gasteiger partial charge in [-0.05, 0) is 35.4 Å². The third kappa shape index (κ3) is 5.70. The number of methoxy groups -OCH3 is 5. The summed E-state index contributed by atoms with van der Waals surface area (Å²) in [4.78, 5) is 11.5. The number of nitrogens with zero attached hydrogens (tertiary/aromatic N) is 1. The van der Waals surface area contributed by atoms with Gasteiger partial charge in [-0.1, -0.05) is 6.58 Å². The zero-order valence-corrected chi connectivity index (χ0v) is 22.2. The van der Waals surface area contributed by atoms with Crippen molar-refractivity contribution in [3.05, 3.63) is 53.6 Å². The molecule has 0 aromatic heterocycles. The Labute approximate surface area is 213 Å². The molecule has 0 spiro atoms. The van der Waals surface area contributed by atoms with E-state index in [9.17, 15) is 4.79 Å². The first-order valence-electron chi connectivity index (χ1n) is 12.0. The number of quaternary nitrogens is 1. The third-order valence-corrected chi connectivity index (χ3v) is 7.03. The number of hydrogen-bond acceptors (Lipinski definition) is 7. The van der Waals surface area contributed by atoms with Crippen molar-refractivity contribution < 1.29 is 37.7 Å². The van der Waals surface area contributed by atoms with E-state index in [4.69, 9.17) is 28.4 Å². The summed E-state index contributed by atoms with van der Waals surface area (Å²) >= 11 is 0. The van der Waals surface area contributed by atoms with Gasteiger partial charge in [0.2, 0.25) is 5.75 Å². The van der Waals surface area contributed by atoms with Crippen LogP contribution in [0.2, 0.25) is 0 Å². The van der Waals surface area contributed by atoms with E-state index in [0.717, 1.165) is 48.1 Å². The van der Waals surface area contributed by atoms with Crippen molar-refractivity contribution in [2.45, 2.75) is 25.3 Å². The molecule has 196 valence electrons. The normalized spacial score (nSPS) is 18.6. The number of esters is 1. The Bertz CT molecular complexity index is 1060. The number of carbonyl (C=O) groups is 1. The van der Waals surface area contributed by atoms with E-state index >= 15 is 0 Å². The second-order valence-corrected chi connectivity index (χ2v) is 9.06. The van der Waals surface area contributed by atoms with Crippen molar-refractivity contribution >= 4 is 5.97 Å². The molecule has 1 aliphatic rings. The number of ether oxygens (including phenoxy) is 6. The molecule has 2 aromatic rings. The summed E-state index contributed by atoms with van der Waals surface area (Å²) in [5, 5.41) is 0. The Morgan fingerprint density at radius 3 is 2.11 bits per heavy atom. The molecule has 36 heavy (non-hydrogen) atoms. The molecule has 3 rings (SSSR count). The minimum atomic E-state index is -0.396. The van der Waals surface area contributed by atoms with Crippen molar-refractivity contribution in [2.24, 2.45) is 0 Å². The fraction of sp³-hybridized carbons (Fsp3) is 0.464. The lowest BCUT2D eigenvalue weighted by Crippen LogP contribution is -2.52. The van der Waals surface area contributed by atoms with E-state index < -0.39 is 5.97 Å². The maximum atomic E-state index is 11.5. The molecular formula is C28H38NO7+. The van der Waals surface area contributed by atoms with Crippen LogP contribution in [0.25, 0.3) is 0 Å². The van der Waals surface area contributed by atoms with Crippen LogP contribution in [0.5, 0.6) is 28.7 Å². The highest BCUT2D eigenvalue weighted by Gasteiger charge is 2.40. The van der Waals surface area contributed by atoms with E-state index in [1.165, 1.54) is 17.2 Å². The van der Waals surface area contributed by atoms with Gasteiger partial charge in [-0.3, -0.25) is 0 Å². The van der Waals surface area contributed by atoms with Crippen molar-refractivity contribution in [1.82, 2.24) is 0 Å². The van der Waals surface area contributed by atoms with Crippen molar-refractivity contribution in [2.75, 3.05) is 62.3 Å². The number of carbonyl (C=O) groups excluding carboxylic acids is 1. The Hall–Kier alpha value is -3.39. The van der Waals surface area contributed by atoms with Gasteiger partial charge in [-0.25, -0.2) is 4.79 Å². The molecule has 1 aliphatic heterocycles. The molecule has 2 atom stereocenters. The smallest absolute Gasteiger partial charge is 0.330 e. The first-order valence-corrected chi connectivity index (χ1v) is 12.0. The van der Waals surface area contributed by atoms with Gasteiger partial charge in [0, 0.05) is 30.9 Å². The molecule has 1 heterocycles. The predicted molar refractivity (Wildman–Crippen MR) is 137 cm³/mol. The Morgan fingerprint density at radius 2 is 1.56 bits per heavy atom. The maximum absolute atomic E-state index is 11.5. The quantitative estimate of drug-likeness (QED) is 0.188. The van der Waals surface area contributed by atoms with Gasteiger partial charge in [-0.2, -0.15) is 0 Å². The van der Waals surface area contributed by atoms with Crippen molar-refractivity contribution in [1.29, 1.82) is 0 Å². The summed E-state index contributed by atoms with van der Waals surface area (Å²) in [7, 11) is 10.4. The monoisotopic (exact) mass is 500 g/mol. The van der Waals surface area contributed by atoms with Crippen LogP contribution in [-0.4, -0.2) is 72.7 Å². The van der Waals surface area contributed by atoms with Crippen molar-refractivity contribution in [3.8, 4) is 28.7 Å². The van der Waals surface area contributed by atoms with Gasteiger partial charge in [0.25, 0.3) is 0 Å². The second kappa shape index (κ2) is 12.0. The molecule has 0 N–H and O–H groups in total. The molecule has 0 saturated heterocycles. The number of benzene rings is 2. The fourth-order valence-electron chi connectivity index (χ4n) is 5.06. The topological polar surface area (TPSA) is 72.5 Å². The lowest BCUT2D eigenvalue weighted by Gasteiger charge is -2.46. The zero-order chi connectivity index (χ0) is 26.3. The Kier molecular flexibility index (Phi) is 9.09. The van der Waals surface area contributed by atoms with Crippen LogP contribution in [0.4, 0.5) is 0 Å². The summed E-state index contributed by atoms with van der Waals surface area (Å²) in [5.41, 5.74) is 3.54. The SMILES string of the molecule is C=CC(=O)OCCC[N@+]1(C)CCc2cc(OC)c(OC)cc2[C@H]1Cc1cc(OC)c(OC)c(OC)c1. The summed E-state index contributed by atoms with van der Waals surface area (Å²) in [6, 6.07) is 8.32. The lowest BCUT2D eigenvalue weighted by molar-refractivity contribution is -0.941. The van der Waals surface area contributed by atoms with Gasteiger partial charge in [0.1, 0.15) is 6.04 Å². The largest absolute Gasteiger partial charge is 0.493 e. The first-order chi connectivity index (χ1) is 17.3. The molecule has 8 nitrogen and oxygen atoms in total. The van der Waals surface area contributed by atoms with E-state index in [1.54, 1.807) is 35.5 Å². The minimum absolute atomic E-state index is 0.117. The molecule has 0 radical (unpaired) electrons. The highest BCUT2D eigenvalue weighted by atomic mass is 16.5. The van der Waals surface area contributed by atoms with Gasteiger partial charge in [0.05, 0.1) is 62.3 Å². The minimum Gasteiger partial charge on any atom is -0.493 e. The standard InChI is InChI=1S/C28H38NO7/c1-8-27(30)36-13-9-11-29(2)12-10-20-17-23(31-3)24(32-4)18-21(20)22(29)14-19-15-25(33-5)28(35-7)26(16-19)34-6/h8,15-18,22H,1,9-14H2,2-7H3/q+1/t22-,29-/m1/s1. The van der Waals surface area contributed by atoms with Crippen LogP contribution in [0.3, 0.4) is 0 Å². The summed E-state index contributed by atoms with van der Waals surface area (Å²) in [6.07, 6.45) is 3.58. The molecular weight excluding hydrogens is 462 g/mol. The van der Waals surface area contributed by atoms with Crippen LogP contribution >= 0.6 is 0 Å². The molecule has 0 unspecified atom stereocenters. The Balaban J connectivity index is 2.02. The highest BCUT2D eigenvalue weighted by molar-refractivity contribution is 5.81. The zero-order valence-electron chi connectivity index (χ0n) is 22.2. The molecule has 2 aromatic carbocycles. The van der Waals surface area contributed by atoms with Crippen LogP contribution in [0, 0.1) is 0 Å². The Morgan fingerprint density at radius 1 is 0.944 bits per heavy atom. The maximum Gasteiger partial charge on any atom is 0.330 e. The van der Waals surface area contributed by atoms with Crippen LogP contribution in [-0.2, 0) is 22.4 Å². The third-order valence-electron chi connectivity index (χ3n) is 7.03. The highest BCUT2D eigenvalue weighted by Crippen LogP contribution is 2.44. The van der Waals surface area contributed by atoms with Gasteiger partial charge in [-0.15, -0.1) is 0 Å². The lowest BCUT2D eigenvalue weighted by atomic mass is 9.86. The van der Waals surface area contributed by atoms with Crippen LogP contribution < -0.4 is 23.7 Å². The van der Waals surface area contributed by atoms with Crippen LogP contribution in [0.15, 0.2) is 36.9 Å². The predicted octanol–water partition coefficient (Wildman–Crippen LogP) is 4.14. The van der Waals surface area contributed by atoms with Gasteiger partial charge >= 0.3 is 5.97 Å². The fourth-order valence-corrected chi connectivity index (χ4v) is 5.06. The molecule has 0 saturated carbocycles. The average Bonchev–Trinajstić information content (AvgIpc) is 2.91. The molecule has 0 bridgehead atoms. The van der Waals surface area contributed by atoms with E-state index in [-0.39, 0.29) is 6.04 Å². The summed E-state index contributed by atoms with van der Waals surface area (Å²) < 4.78 is 34.0. The molecule has 0 aliphatic carbocycles. The summed E-state index contributed by atoms with van der Waals surface area (Å²) in [5.74, 6) is 2.86. The molecule has 0 amide bonds.